The third-order valence-electron chi connectivity index (χ3n) is 6.26. The fourth-order valence-electron chi connectivity index (χ4n) is 4.64. The fraction of sp³-hybridized carbons (Fsp3) is 0.400. The van der Waals surface area contributed by atoms with Crippen LogP contribution in [-0.4, -0.2) is 41.5 Å². The maximum absolute atomic E-state index is 13.1. The van der Waals surface area contributed by atoms with E-state index in [1.807, 2.05) is 6.07 Å². The lowest BCUT2D eigenvalue weighted by Crippen LogP contribution is -2.32. The van der Waals surface area contributed by atoms with Crippen molar-refractivity contribution in [1.82, 2.24) is 9.47 Å². The molecule has 3 aromatic rings. The topological polar surface area (TPSA) is 34.5 Å². The lowest BCUT2D eigenvalue weighted by atomic mass is 10.0. The Bertz CT molecular complexity index is 1030. The number of ether oxygens (including phenoxy) is 1. The molecule has 1 saturated heterocycles. The van der Waals surface area contributed by atoms with E-state index in [2.05, 4.69) is 34.8 Å². The molecule has 4 nitrogen and oxygen atoms in total. The number of rotatable bonds is 8. The molecule has 1 aliphatic rings. The number of fused-ring (bicyclic) bond motifs is 1. The molecular weight excluding hydrogens is 379 g/mol. The molecule has 2 aromatic carbocycles. The van der Waals surface area contributed by atoms with Crippen LogP contribution in [0, 0.1) is 5.82 Å². The zero-order valence-corrected chi connectivity index (χ0v) is 17.7. The molecule has 158 valence electrons. The molecule has 0 spiro atoms. The van der Waals surface area contributed by atoms with Gasteiger partial charge in [-0.1, -0.05) is 0 Å². The second kappa shape index (κ2) is 9.00. The summed E-state index contributed by atoms with van der Waals surface area (Å²) in [6.45, 7) is 2.03. The standard InChI is InChI=1S/C25H29FN2O2/c1-27-17-19(23-16-22(30-2)11-12-24(23)27)5-3-13-28-14-4-6-21(28)15-25(29)18-7-9-20(26)10-8-18/h7-12,16-17,21H,3-6,13-15H2,1-2H3. The van der Waals surface area contributed by atoms with Gasteiger partial charge in [0.15, 0.2) is 5.78 Å². The first-order valence-electron chi connectivity index (χ1n) is 10.7. The molecule has 2 heterocycles. The third-order valence-corrected chi connectivity index (χ3v) is 6.26. The van der Waals surface area contributed by atoms with Crippen LogP contribution in [0.1, 0.15) is 41.6 Å². The molecule has 0 bridgehead atoms. The largest absolute Gasteiger partial charge is 0.497 e. The van der Waals surface area contributed by atoms with Gasteiger partial charge in [-0.25, -0.2) is 4.39 Å². The number of likely N-dealkylation sites (tertiary alicyclic amines) is 1. The number of ketones is 1. The molecule has 5 heteroatoms. The summed E-state index contributed by atoms with van der Waals surface area (Å²) < 4.78 is 20.7. The van der Waals surface area contributed by atoms with Crippen molar-refractivity contribution in [3.63, 3.8) is 0 Å². The maximum Gasteiger partial charge on any atom is 0.164 e. The first-order chi connectivity index (χ1) is 14.5. The molecule has 0 radical (unpaired) electrons. The summed E-state index contributed by atoms with van der Waals surface area (Å²) in [5.74, 6) is 0.682. The zero-order chi connectivity index (χ0) is 21.1. The van der Waals surface area contributed by atoms with E-state index in [0.29, 0.717) is 12.0 Å². The summed E-state index contributed by atoms with van der Waals surface area (Å²) in [7, 11) is 3.78. The Balaban J connectivity index is 1.36. The Hall–Kier alpha value is -2.66. The van der Waals surface area contributed by atoms with E-state index in [1.54, 1.807) is 19.2 Å². The Morgan fingerprint density at radius 2 is 2.00 bits per heavy atom. The number of carbonyl (C=O) groups excluding carboxylic acids is 1. The zero-order valence-electron chi connectivity index (χ0n) is 17.7. The average Bonchev–Trinajstić information content (AvgIpc) is 3.32. The Morgan fingerprint density at radius 1 is 1.20 bits per heavy atom. The number of aryl methyl sites for hydroxylation is 2. The predicted molar refractivity (Wildman–Crippen MR) is 118 cm³/mol. The number of hydrogen-bond acceptors (Lipinski definition) is 3. The van der Waals surface area contributed by atoms with Gasteiger partial charge in [0.1, 0.15) is 11.6 Å². The van der Waals surface area contributed by atoms with Crippen molar-refractivity contribution in [2.24, 2.45) is 7.05 Å². The van der Waals surface area contributed by atoms with E-state index in [4.69, 9.17) is 4.74 Å². The van der Waals surface area contributed by atoms with Crippen LogP contribution in [0.4, 0.5) is 4.39 Å². The molecule has 1 aromatic heterocycles. The minimum absolute atomic E-state index is 0.105. The van der Waals surface area contributed by atoms with E-state index in [-0.39, 0.29) is 17.6 Å². The van der Waals surface area contributed by atoms with Gasteiger partial charge in [-0.15, -0.1) is 0 Å². The van der Waals surface area contributed by atoms with Crippen molar-refractivity contribution >= 4 is 16.7 Å². The smallest absolute Gasteiger partial charge is 0.164 e. The summed E-state index contributed by atoms with van der Waals surface area (Å²) in [6, 6.07) is 12.4. The van der Waals surface area contributed by atoms with Crippen LogP contribution >= 0.6 is 0 Å². The molecule has 30 heavy (non-hydrogen) atoms. The van der Waals surface area contributed by atoms with E-state index in [1.165, 1.54) is 28.6 Å². The van der Waals surface area contributed by atoms with Crippen molar-refractivity contribution in [2.75, 3.05) is 20.2 Å². The number of nitrogens with zero attached hydrogens (tertiary/aromatic N) is 2. The van der Waals surface area contributed by atoms with Crippen LogP contribution in [0.15, 0.2) is 48.7 Å². The van der Waals surface area contributed by atoms with Gasteiger partial charge in [-0.05, 0) is 86.8 Å². The molecule has 0 amide bonds. The van der Waals surface area contributed by atoms with Gasteiger partial charge in [-0.2, -0.15) is 0 Å². The Kier molecular flexibility index (Phi) is 6.18. The highest BCUT2D eigenvalue weighted by atomic mass is 19.1. The lowest BCUT2D eigenvalue weighted by molar-refractivity contribution is 0.0941. The normalized spacial score (nSPS) is 17.0. The molecule has 4 rings (SSSR count). The second-order valence-electron chi connectivity index (χ2n) is 8.22. The van der Waals surface area contributed by atoms with Crippen molar-refractivity contribution in [2.45, 2.75) is 38.1 Å². The van der Waals surface area contributed by atoms with Crippen LogP contribution < -0.4 is 4.74 Å². The number of Topliss-reactive ketones (excluding diaryl/α,β-unsaturated/α-hetero) is 1. The highest BCUT2D eigenvalue weighted by Crippen LogP contribution is 2.27. The molecule has 0 N–H and O–H groups in total. The van der Waals surface area contributed by atoms with Gasteiger partial charge in [0, 0.05) is 42.2 Å². The SMILES string of the molecule is COc1ccc2c(c1)c(CCCN1CCCC1CC(=O)c1ccc(F)cc1)cn2C. The fourth-order valence-corrected chi connectivity index (χ4v) is 4.64. The van der Waals surface area contributed by atoms with Crippen LogP contribution in [-0.2, 0) is 13.5 Å². The maximum atomic E-state index is 13.1. The monoisotopic (exact) mass is 408 g/mol. The quantitative estimate of drug-likeness (QED) is 0.492. The van der Waals surface area contributed by atoms with Gasteiger partial charge in [0.05, 0.1) is 7.11 Å². The minimum Gasteiger partial charge on any atom is -0.497 e. The first-order valence-corrected chi connectivity index (χ1v) is 10.7. The van der Waals surface area contributed by atoms with E-state index < -0.39 is 0 Å². The third kappa shape index (κ3) is 4.41. The van der Waals surface area contributed by atoms with E-state index >= 15 is 0 Å². The van der Waals surface area contributed by atoms with Crippen molar-refractivity contribution in [1.29, 1.82) is 0 Å². The number of benzene rings is 2. The molecular formula is C25H29FN2O2. The highest BCUT2D eigenvalue weighted by molar-refractivity contribution is 5.96. The average molecular weight is 409 g/mol. The Morgan fingerprint density at radius 3 is 2.77 bits per heavy atom. The lowest BCUT2D eigenvalue weighted by Gasteiger charge is -2.24. The summed E-state index contributed by atoms with van der Waals surface area (Å²) in [5.41, 5.74) is 3.16. The van der Waals surface area contributed by atoms with Gasteiger partial charge < -0.3 is 9.30 Å². The van der Waals surface area contributed by atoms with Crippen LogP contribution in [0.5, 0.6) is 5.75 Å². The van der Waals surface area contributed by atoms with E-state index in [0.717, 1.165) is 44.5 Å². The summed E-state index contributed by atoms with van der Waals surface area (Å²) in [4.78, 5) is 15.1. The minimum atomic E-state index is -0.305. The van der Waals surface area contributed by atoms with Crippen molar-refractivity contribution in [3.8, 4) is 5.75 Å². The van der Waals surface area contributed by atoms with Gasteiger partial charge in [0.2, 0.25) is 0 Å². The second-order valence-corrected chi connectivity index (χ2v) is 8.22. The summed E-state index contributed by atoms with van der Waals surface area (Å²) in [5, 5.41) is 1.25. The molecule has 1 aliphatic heterocycles. The summed E-state index contributed by atoms with van der Waals surface area (Å²) >= 11 is 0. The molecule has 1 unspecified atom stereocenters. The summed E-state index contributed by atoms with van der Waals surface area (Å²) in [6.07, 6.45) is 6.96. The van der Waals surface area contributed by atoms with Crippen LogP contribution in [0.3, 0.4) is 0 Å². The number of aromatic nitrogens is 1. The number of hydrogen-bond donors (Lipinski definition) is 0. The van der Waals surface area contributed by atoms with Gasteiger partial charge in [-0.3, -0.25) is 9.69 Å². The highest BCUT2D eigenvalue weighted by Gasteiger charge is 2.26. The van der Waals surface area contributed by atoms with Gasteiger partial charge in [0.25, 0.3) is 0 Å². The number of carbonyl (C=O) groups is 1. The number of halogens is 1. The van der Waals surface area contributed by atoms with Crippen LogP contribution in [0.25, 0.3) is 10.9 Å². The molecule has 0 saturated carbocycles. The molecule has 1 atom stereocenters. The predicted octanol–water partition coefficient (Wildman–Crippen LogP) is 5.00. The first kappa shape index (κ1) is 20.6. The van der Waals surface area contributed by atoms with Crippen molar-refractivity contribution in [3.05, 3.63) is 65.6 Å². The Labute approximate surface area is 177 Å². The van der Waals surface area contributed by atoms with Gasteiger partial charge >= 0.3 is 0 Å². The van der Waals surface area contributed by atoms with Crippen LogP contribution in [0.2, 0.25) is 0 Å². The number of methoxy groups -OCH3 is 1. The van der Waals surface area contributed by atoms with Crippen molar-refractivity contribution < 1.29 is 13.9 Å². The van der Waals surface area contributed by atoms with E-state index in [9.17, 15) is 9.18 Å². The molecule has 1 fully saturated rings. The molecule has 0 aliphatic carbocycles.